The molecule has 0 heterocycles. The Morgan fingerprint density at radius 3 is 2.74 bits per heavy atom. The summed E-state index contributed by atoms with van der Waals surface area (Å²) in [5.41, 5.74) is 5.73. The number of carbonyl (C=O) groups excluding carboxylic acids is 1. The summed E-state index contributed by atoms with van der Waals surface area (Å²) in [6.45, 7) is 2.43. The fraction of sp³-hybridized carbons (Fsp3) is 0.333. The molecule has 104 valence electrons. The van der Waals surface area contributed by atoms with Crippen LogP contribution in [0, 0.1) is 0 Å². The second-order valence-corrected chi connectivity index (χ2v) is 4.79. The maximum Gasteiger partial charge on any atom is 0.255 e. The molecule has 0 spiro atoms. The van der Waals surface area contributed by atoms with Gasteiger partial charge in [-0.1, -0.05) is 35.3 Å². The number of rotatable bonds is 5. The molecule has 5 nitrogen and oxygen atoms in total. The van der Waals surface area contributed by atoms with E-state index >= 15 is 0 Å². The number of oxime groups is 1. The van der Waals surface area contributed by atoms with Crippen LogP contribution < -0.4 is 5.73 Å². The fourth-order valence-corrected chi connectivity index (χ4v) is 1.95. The molecule has 1 rings (SSSR count). The highest BCUT2D eigenvalue weighted by Crippen LogP contribution is 2.22. The number of carbonyl (C=O) groups is 1. The first-order chi connectivity index (χ1) is 8.99. The van der Waals surface area contributed by atoms with Crippen molar-refractivity contribution in [3.05, 3.63) is 33.8 Å². The van der Waals surface area contributed by atoms with Crippen LogP contribution >= 0.6 is 23.2 Å². The highest BCUT2D eigenvalue weighted by Gasteiger charge is 2.19. The molecule has 0 radical (unpaired) electrons. The minimum Gasteiger partial charge on any atom is -0.409 e. The molecular weight excluding hydrogens is 289 g/mol. The molecule has 0 atom stereocenters. The van der Waals surface area contributed by atoms with E-state index in [0.29, 0.717) is 22.2 Å². The molecule has 19 heavy (non-hydrogen) atoms. The Balaban J connectivity index is 3.01. The molecule has 0 bridgehead atoms. The third-order valence-corrected chi connectivity index (χ3v) is 2.99. The maximum atomic E-state index is 12.3. The molecule has 3 N–H and O–H groups in total. The van der Waals surface area contributed by atoms with E-state index < -0.39 is 0 Å². The maximum absolute atomic E-state index is 12.3. The fourth-order valence-electron chi connectivity index (χ4n) is 1.58. The Hall–Kier alpha value is -1.46. The lowest BCUT2D eigenvalue weighted by atomic mass is 10.2. The van der Waals surface area contributed by atoms with Crippen molar-refractivity contribution in [2.45, 2.75) is 13.3 Å². The molecule has 0 aliphatic heterocycles. The quantitative estimate of drug-likeness (QED) is 0.380. The zero-order chi connectivity index (χ0) is 14.4. The summed E-state index contributed by atoms with van der Waals surface area (Å²) < 4.78 is 0. The molecule has 0 unspecified atom stereocenters. The third-order valence-electron chi connectivity index (χ3n) is 2.42. The summed E-state index contributed by atoms with van der Waals surface area (Å²) in [6, 6.07) is 4.67. The van der Waals surface area contributed by atoms with E-state index in [0.717, 1.165) is 6.42 Å². The van der Waals surface area contributed by atoms with E-state index in [1.807, 2.05) is 6.92 Å². The average Bonchev–Trinajstić information content (AvgIpc) is 2.40. The topological polar surface area (TPSA) is 78.9 Å². The second-order valence-electron chi connectivity index (χ2n) is 3.94. The molecule has 0 aliphatic rings. The van der Waals surface area contributed by atoms with Crippen molar-refractivity contribution in [2.24, 2.45) is 10.9 Å². The van der Waals surface area contributed by atoms with Gasteiger partial charge in [0.05, 0.1) is 17.1 Å². The van der Waals surface area contributed by atoms with Gasteiger partial charge < -0.3 is 15.8 Å². The summed E-state index contributed by atoms with van der Waals surface area (Å²) in [6.07, 6.45) is 0.739. The summed E-state index contributed by atoms with van der Waals surface area (Å²) in [4.78, 5) is 13.8. The van der Waals surface area contributed by atoms with Gasteiger partial charge in [-0.3, -0.25) is 4.79 Å². The normalized spacial score (nSPS) is 11.4. The SMILES string of the molecule is CCCN(CC(N)=NO)C(=O)c1cc(Cl)ccc1Cl. The van der Waals surface area contributed by atoms with Gasteiger partial charge in [-0.15, -0.1) is 0 Å². The van der Waals surface area contributed by atoms with E-state index in [9.17, 15) is 4.79 Å². The second kappa shape index (κ2) is 7.21. The van der Waals surface area contributed by atoms with Gasteiger partial charge in [-0.25, -0.2) is 0 Å². The van der Waals surface area contributed by atoms with Gasteiger partial charge in [0.1, 0.15) is 0 Å². The van der Waals surface area contributed by atoms with Crippen LogP contribution in [0.3, 0.4) is 0 Å². The van der Waals surface area contributed by atoms with E-state index in [2.05, 4.69) is 5.16 Å². The van der Waals surface area contributed by atoms with Crippen LogP contribution in [-0.2, 0) is 0 Å². The predicted molar refractivity (Wildman–Crippen MR) is 76.1 cm³/mol. The number of nitrogens with zero attached hydrogens (tertiary/aromatic N) is 2. The number of benzene rings is 1. The number of amides is 1. The van der Waals surface area contributed by atoms with Crippen LogP contribution in [0.4, 0.5) is 0 Å². The zero-order valence-corrected chi connectivity index (χ0v) is 11.9. The largest absolute Gasteiger partial charge is 0.409 e. The van der Waals surface area contributed by atoms with Crippen molar-refractivity contribution in [1.82, 2.24) is 4.90 Å². The molecule has 0 saturated carbocycles. The third kappa shape index (κ3) is 4.29. The molecule has 0 fully saturated rings. The lowest BCUT2D eigenvalue weighted by Crippen LogP contribution is -2.39. The molecule has 0 aliphatic carbocycles. The highest BCUT2D eigenvalue weighted by atomic mass is 35.5. The molecule has 0 aromatic heterocycles. The highest BCUT2D eigenvalue weighted by molar-refractivity contribution is 6.35. The monoisotopic (exact) mass is 303 g/mol. The van der Waals surface area contributed by atoms with E-state index in [4.69, 9.17) is 34.1 Å². The molecule has 7 heteroatoms. The van der Waals surface area contributed by atoms with Crippen LogP contribution in [0.5, 0.6) is 0 Å². The number of halogens is 2. The van der Waals surface area contributed by atoms with Crippen molar-refractivity contribution >= 4 is 34.9 Å². The van der Waals surface area contributed by atoms with Crippen LogP contribution in [-0.4, -0.2) is 34.9 Å². The standard InChI is InChI=1S/C12H15Cl2N3O2/c1-2-5-17(7-11(15)16-19)12(18)9-6-8(13)3-4-10(9)14/h3-4,6,19H,2,5,7H2,1H3,(H2,15,16). The zero-order valence-electron chi connectivity index (χ0n) is 10.4. The van der Waals surface area contributed by atoms with Gasteiger partial charge in [0, 0.05) is 11.6 Å². The Bertz CT molecular complexity index is 492. The molecule has 1 aromatic carbocycles. The summed E-state index contributed by atoms with van der Waals surface area (Å²) in [5, 5.41) is 12.2. The van der Waals surface area contributed by atoms with Gasteiger partial charge in [0.25, 0.3) is 5.91 Å². The van der Waals surface area contributed by atoms with Gasteiger partial charge in [0.15, 0.2) is 5.84 Å². The Morgan fingerprint density at radius 1 is 1.47 bits per heavy atom. The summed E-state index contributed by atoms with van der Waals surface area (Å²) >= 11 is 11.8. The summed E-state index contributed by atoms with van der Waals surface area (Å²) in [5.74, 6) is -0.346. The smallest absolute Gasteiger partial charge is 0.255 e. The average molecular weight is 304 g/mol. The van der Waals surface area contributed by atoms with Gasteiger partial charge in [-0.2, -0.15) is 0 Å². The number of hydrogen-bond donors (Lipinski definition) is 2. The minimum atomic E-state index is -0.305. The Labute approximate surface area is 121 Å². The summed E-state index contributed by atoms with van der Waals surface area (Å²) in [7, 11) is 0. The number of nitrogens with two attached hydrogens (primary N) is 1. The minimum absolute atomic E-state index is 0.0337. The van der Waals surface area contributed by atoms with Crippen LogP contribution in [0.25, 0.3) is 0 Å². The molecule has 0 saturated heterocycles. The van der Waals surface area contributed by atoms with Crippen LogP contribution in [0.15, 0.2) is 23.4 Å². The van der Waals surface area contributed by atoms with Crippen molar-refractivity contribution in [3.63, 3.8) is 0 Å². The first-order valence-corrected chi connectivity index (χ1v) is 6.46. The van der Waals surface area contributed by atoms with Gasteiger partial charge in [-0.05, 0) is 24.6 Å². The Kier molecular flexibility index (Phi) is 5.92. The number of amidine groups is 1. The van der Waals surface area contributed by atoms with E-state index in [1.54, 1.807) is 12.1 Å². The van der Waals surface area contributed by atoms with Crippen molar-refractivity contribution in [1.29, 1.82) is 0 Å². The lowest BCUT2D eigenvalue weighted by molar-refractivity contribution is 0.0778. The van der Waals surface area contributed by atoms with Gasteiger partial charge >= 0.3 is 0 Å². The predicted octanol–water partition coefficient (Wildman–Crippen LogP) is 2.59. The van der Waals surface area contributed by atoms with Crippen molar-refractivity contribution < 1.29 is 10.0 Å². The van der Waals surface area contributed by atoms with E-state index in [-0.39, 0.29) is 18.3 Å². The van der Waals surface area contributed by atoms with Crippen LogP contribution in [0.2, 0.25) is 10.0 Å². The van der Waals surface area contributed by atoms with Gasteiger partial charge in [0.2, 0.25) is 0 Å². The van der Waals surface area contributed by atoms with Crippen LogP contribution in [0.1, 0.15) is 23.7 Å². The van der Waals surface area contributed by atoms with E-state index in [1.165, 1.54) is 11.0 Å². The van der Waals surface area contributed by atoms with Crippen molar-refractivity contribution in [3.8, 4) is 0 Å². The molecule has 1 aromatic rings. The first kappa shape index (κ1) is 15.6. The van der Waals surface area contributed by atoms with Crippen molar-refractivity contribution in [2.75, 3.05) is 13.1 Å². The first-order valence-electron chi connectivity index (χ1n) is 5.70. The molecular formula is C12H15Cl2N3O2. The number of hydrogen-bond acceptors (Lipinski definition) is 3. The lowest BCUT2D eigenvalue weighted by Gasteiger charge is -2.22. The molecule has 1 amide bonds. The Morgan fingerprint density at radius 2 is 2.16 bits per heavy atom.